The Morgan fingerprint density at radius 2 is 1.82 bits per heavy atom. The first-order valence-electron chi connectivity index (χ1n) is 11.2. The van der Waals surface area contributed by atoms with Gasteiger partial charge >= 0.3 is 5.97 Å². The lowest BCUT2D eigenvalue weighted by Gasteiger charge is -2.29. The van der Waals surface area contributed by atoms with E-state index in [9.17, 15) is 18.0 Å². The largest absolute Gasteiger partial charge is 0.489 e. The first-order chi connectivity index (χ1) is 16.3. The van der Waals surface area contributed by atoms with Gasteiger partial charge in [0.25, 0.3) is 5.91 Å². The van der Waals surface area contributed by atoms with E-state index in [1.165, 1.54) is 11.8 Å². The number of carbonyl (C=O) groups is 2. The van der Waals surface area contributed by atoms with Crippen LogP contribution < -0.4 is 4.74 Å². The summed E-state index contributed by atoms with van der Waals surface area (Å²) in [5, 5.41) is 0.718. The molecule has 1 amide bonds. The third-order valence-electron chi connectivity index (χ3n) is 5.91. The number of fused-ring (bicyclic) bond motifs is 1. The first-order valence-corrected chi connectivity index (χ1v) is 13.0. The molecule has 1 fully saturated rings. The zero-order valence-corrected chi connectivity index (χ0v) is 19.9. The van der Waals surface area contributed by atoms with E-state index in [0.717, 1.165) is 5.39 Å². The van der Waals surface area contributed by atoms with Crippen molar-refractivity contribution < 1.29 is 31.9 Å². The van der Waals surface area contributed by atoms with Gasteiger partial charge in [0, 0.05) is 18.0 Å². The van der Waals surface area contributed by atoms with Gasteiger partial charge in [0.1, 0.15) is 17.9 Å². The fraction of sp³-hybridized carbons (Fsp3) is 0.360. The first kappa shape index (κ1) is 23.8. The highest BCUT2D eigenvalue weighted by atomic mass is 32.2. The van der Waals surface area contributed by atoms with E-state index < -0.39 is 33.9 Å². The zero-order valence-electron chi connectivity index (χ0n) is 19.1. The van der Waals surface area contributed by atoms with Crippen molar-refractivity contribution in [3.63, 3.8) is 0 Å². The number of ether oxygens (including phenoxy) is 2. The molecule has 0 aliphatic carbocycles. The van der Waals surface area contributed by atoms with Crippen molar-refractivity contribution in [2.45, 2.75) is 39.0 Å². The smallest absolute Gasteiger partial charge is 0.375 e. The van der Waals surface area contributed by atoms with Crippen LogP contribution in [-0.4, -0.2) is 55.4 Å². The van der Waals surface area contributed by atoms with Crippen LogP contribution in [0.5, 0.6) is 5.75 Å². The van der Waals surface area contributed by atoms with Crippen molar-refractivity contribution in [3.05, 3.63) is 65.9 Å². The molecule has 0 N–H and O–H groups in total. The number of benzene rings is 2. The molecule has 0 bridgehead atoms. The zero-order chi connectivity index (χ0) is 24.3. The molecule has 1 aromatic heterocycles. The molecule has 1 saturated heterocycles. The highest BCUT2D eigenvalue weighted by Crippen LogP contribution is 2.28. The van der Waals surface area contributed by atoms with Crippen LogP contribution in [0.4, 0.5) is 0 Å². The lowest BCUT2D eigenvalue weighted by molar-refractivity contribution is -0.141. The van der Waals surface area contributed by atoms with E-state index >= 15 is 0 Å². The van der Waals surface area contributed by atoms with Gasteiger partial charge in [-0.3, -0.25) is 4.79 Å². The second-order valence-electron chi connectivity index (χ2n) is 8.24. The fourth-order valence-electron chi connectivity index (χ4n) is 4.19. The van der Waals surface area contributed by atoms with Crippen LogP contribution in [-0.2, 0) is 26.0 Å². The summed E-state index contributed by atoms with van der Waals surface area (Å²) in [6.45, 7) is 3.65. The maximum Gasteiger partial charge on any atom is 0.375 e. The molecule has 0 saturated carbocycles. The average molecular weight is 486 g/mol. The van der Waals surface area contributed by atoms with Crippen LogP contribution in [0.1, 0.15) is 36.4 Å². The van der Waals surface area contributed by atoms with Crippen LogP contribution in [0.2, 0.25) is 0 Å². The van der Waals surface area contributed by atoms with Gasteiger partial charge in [-0.15, -0.1) is 0 Å². The van der Waals surface area contributed by atoms with Gasteiger partial charge in [-0.05, 0) is 38.5 Å². The molecule has 34 heavy (non-hydrogen) atoms. The number of rotatable bonds is 8. The number of esters is 1. The van der Waals surface area contributed by atoms with Crippen molar-refractivity contribution in [2.24, 2.45) is 0 Å². The van der Waals surface area contributed by atoms with Gasteiger partial charge in [-0.25, -0.2) is 13.2 Å². The third-order valence-corrected chi connectivity index (χ3v) is 7.66. The number of nitrogens with zero attached hydrogens (tertiary/aromatic N) is 1. The number of hydrogen-bond acceptors (Lipinski definition) is 7. The summed E-state index contributed by atoms with van der Waals surface area (Å²) in [4.78, 5) is 27.5. The van der Waals surface area contributed by atoms with Gasteiger partial charge in [-0.1, -0.05) is 36.4 Å². The molecular formula is C25H27NO7S. The van der Waals surface area contributed by atoms with Gasteiger partial charge in [-0.2, -0.15) is 0 Å². The standard InChI is InChI=1S/C25H27NO7S/c1-3-26(18-13-14-34(29,30)16-18)24(27)17(2)32-25(28)23-21(15-31-19-9-5-4-6-10-19)20-11-7-8-12-22(20)33-23/h4-12,17-18H,3,13-16H2,1-2H3/t17-,18+/m0/s1. The molecule has 0 spiro atoms. The molecule has 0 radical (unpaired) electrons. The predicted octanol–water partition coefficient (Wildman–Crippen LogP) is 3.59. The number of hydrogen-bond donors (Lipinski definition) is 0. The molecule has 3 aromatic rings. The van der Waals surface area contributed by atoms with E-state index in [0.29, 0.717) is 29.9 Å². The molecule has 2 atom stereocenters. The molecule has 1 aliphatic heterocycles. The number of furan rings is 1. The lowest BCUT2D eigenvalue weighted by Crippen LogP contribution is -2.46. The van der Waals surface area contributed by atoms with Crippen LogP contribution in [0, 0.1) is 0 Å². The highest BCUT2D eigenvalue weighted by molar-refractivity contribution is 7.91. The van der Waals surface area contributed by atoms with Crippen molar-refractivity contribution in [1.29, 1.82) is 0 Å². The van der Waals surface area contributed by atoms with E-state index in [1.54, 1.807) is 19.1 Å². The lowest BCUT2D eigenvalue weighted by atomic mass is 10.1. The van der Waals surface area contributed by atoms with Gasteiger partial charge in [0.2, 0.25) is 5.76 Å². The molecule has 0 unspecified atom stereocenters. The Kier molecular flexibility index (Phi) is 6.92. The number of amides is 1. The summed E-state index contributed by atoms with van der Waals surface area (Å²) >= 11 is 0. The van der Waals surface area contributed by atoms with Gasteiger partial charge < -0.3 is 18.8 Å². The maximum atomic E-state index is 13.1. The molecule has 180 valence electrons. The summed E-state index contributed by atoms with van der Waals surface area (Å²) in [6.07, 6.45) is -0.723. The molecule has 2 aromatic carbocycles. The summed E-state index contributed by atoms with van der Waals surface area (Å²) in [6, 6.07) is 16.0. The minimum Gasteiger partial charge on any atom is -0.489 e. The minimum absolute atomic E-state index is 0.0247. The van der Waals surface area contributed by atoms with Crippen LogP contribution >= 0.6 is 0 Å². The number of carbonyl (C=O) groups excluding carboxylic acids is 2. The van der Waals surface area contributed by atoms with Crippen molar-refractivity contribution in [3.8, 4) is 5.75 Å². The molecule has 1 aliphatic rings. The number of para-hydroxylation sites is 2. The van der Waals surface area contributed by atoms with Crippen LogP contribution in [0.25, 0.3) is 11.0 Å². The van der Waals surface area contributed by atoms with Crippen LogP contribution in [0.3, 0.4) is 0 Å². The van der Waals surface area contributed by atoms with E-state index in [2.05, 4.69) is 0 Å². The fourth-order valence-corrected chi connectivity index (χ4v) is 5.92. The molecule has 4 rings (SSSR count). The van der Waals surface area contributed by atoms with Crippen molar-refractivity contribution >= 4 is 32.7 Å². The topological polar surface area (TPSA) is 103 Å². The van der Waals surface area contributed by atoms with E-state index in [4.69, 9.17) is 13.9 Å². The molecule has 9 heteroatoms. The SMILES string of the molecule is CCN(C(=O)[C@H](C)OC(=O)c1oc2ccccc2c1COc1ccccc1)[C@@H]1CCS(=O)(=O)C1. The summed E-state index contributed by atoms with van der Waals surface area (Å²) in [7, 11) is -3.16. The predicted molar refractivity (Wildman–Crippen MR) is 126 cm³/mol. The summed E-state index contributed by atoms with van der Waals surface area (Å²) < 4.78 is 40.8. The van der Waals surface area contributed by atoms with E-state index in [1.807, 2.05) is 42.5 Å². The summed E-state index contributed by atoms with van der Waals surface area (Å²) in [5.41, 5.74) is 1.03. The Morgan fingerprint density at radius 1 is 1.12 bits per heavy atom. The molecular weight excluding hydrogens is 458 g/mol. The van der Waals surface area contributed by atoms with Crippen molar-refractivity contribution in [2.75, 3.05) is 18.1 Å². The third kappa shape index (κ3) is 5.09. The molecule has 2 heterocycles. The maximum absolute atomic E-state index is 13.1. The normalized spacial score (nSPS) is 17.9. The Bertz CT molecular complexity index is 1280. The van der Waals surface area contributed by atoms with Gasteiger partial charge in [0.05, 0.1) is 17.1 Å². The second-order valence-corrected chi connectivity index (χ2v) is 10.5. The second kappa shape index (κ2) is 9.89. The number of sulfone groups is 1. The molecule has 8 nitrogen and oxygen atoms in total. The Morgan fingerprint density at radius 3 is 2.50 bits per heavy atom. The van der Waals surface area contributed by atoms with Crippen LogP contribution in [0.15, 0.2) is 59.0 Å². The quantitative estimate of drug-likeness (QED) is 0.449. The monoisotopic (exact) mass is 485 g/mol. The Hall–Kier alpha value is -3.33. The highest BCUT2D eigenvalue weighted by Gasteiger charge is 2.36. The van der Waals surface area contributed by atoms with Gasteiger partial charge in [0.15, 0.2) is 15.9 Å². The summed E-state index contributed by atoms with van der Waals surface area (Å²) in [5.74, 6) is -0.615. The van der Waals surface area contributed by atoms with E-state index in [-0.39, 0.29) is 23.9 Å². The Labute approximate surface area is 198 Å². The average Bonchev–Trinajstić information content (AvgIpc) is 3.38. The number of likely N-dealkylation sites (N-methyl/N-ethyl adjacent to an activating group) is 1. The Balaban J connectivity index is 1.52. The van der Waals surface area contributed by atoms with Crippen molar-refractivity contribution in [1.82, 2.24) is 4.90 Å². The minimum atomic E-state index is -3.16.